The topological polar surface area (TPSA) is 88.5 Å². The maximum atomic E-state index is 13.2. The van der Waals surface area contributed by atoms with E-state index >= 15 is 0 Å². The van der Waals surface area contributed by atoms with Crippen molar-refractivity contribution in [2.24, 2.45) is 5.73 Å². The molecule has 1 aliphatic heterocycles. The summed E-state index contributed by atoms with van der Waals surface area (Å²) >= 11 is 3.48. The van der Waals surface area contributed by atoms with Crippen LogP contribution in [0.25, 0.3) is 0 Å². The summed E-state index contributed by atoms with van der Waals surface area (Å²) in [6, 6.07) is 18.4. The summed E-state index contributed by atoms with van der Waals surface area (Å²) < 4.78 is 25.6. The third-order valence-electron chi connectivity index (χ3n) is 4.79. The maximum absolute atomic E-state index is 13.2. The average Bonchev–Trinajstić information content (AvgIpc) is 2.73. The number of fused-ring (bicyclic) bond motifs is 1. The molecule has 0 bridgehead atoms. The van der Waals surface area contributed by atoms with Crippen molar-refractivity contribution in [2.75, 3.05) is 0 Å². The fourth-order valence-corrected chi connectivity index (χ4v) is 3.76. The maximum Gasteiger partial charge on any atom is 0.205 e. The van der Waals surface area contributed by atoms with Crippen molar-refractivity contribution >= 4 is 15.9 Å². The monoisotopic (exact) mass is 466 g/mol. The van der Waals surface area contributed by atoms with Crippen LogP contribution < -0.4 is 15.2 Å². The number of nitriles is 1. The molecule has 0 spiro atoms. The second kappa shape index (κ2) is 8.09. The van der Waals surface area contributed by atoms with Gasteiger partial charge in [0.25, 0.3) is 0 Å². The van der Waals surface area contributed by atoms with Gasteiger partial charge in [-0.1, -0.05) is 34.1 Å². The highest BCUT2D eigenvalue weighted by Crippen LogP contribution is 2.46. The quantitative estimate of drug-likeness (QED) is 0.558. The Kier molecular flexibility index (Phi) is 5.34. The molecule has 5 nitrogen and oxygen atoms in total. The van der Waals surface area contributed by atoms with E-state index in [1.165, 1.54) is 24.3 Å². The van der Waals surface area contributed by atoms with E-state index in [2.05, 4.69) is 22.0 Å². The van der Waals surface area contributed by atoms with E-state index in [1.807, 2.05) is 12.1 Å². The molecule has 0 saturated heterocycles. The first-order chi connectivity index (χ1) is 14.5. The van der Waals surface area contributed by atoms with Gasteiger partial charge in [0.2, 0.25) is 5.88 Å². The zero-order chi connectivity index (χ0) is 21.3. The number of nitrogens with zero attached hydrogens (tertiary/aromatic N) is 1. The summed E-state index contributed by atoms with van der Waals surface area (Å²) in [6.45, 7) is 0.224. The molecule has 0 unspecified atom stereocenters. The largest absolute Gasteiger partial charge is 0.508 e. The zero-order valence-corrected chi connectivity index (χ0v) is 17.2. The number of halogens is 2. The van der Waals surface area contributed by atoms with Crippen LogP contribution in [-0.4, -0.2) is 5.11 Å². The third-order valence-corrected chi connectivity index (χ3v) is 5.29. The molecule has 3 aromatic rings. The molecular formula is C23H16BrFN2O3. The van der Waals surface area contributed by atoms with Gasteiger partial charge in [-0.15, -0.1) is 0 Å². The Balaban J connectivity index is 1.78. The first kappa shape index (κ1) is 19.8. The van der Waals surface area contributed by atoms with Gasteiger partial charge in [0.1, 0.15) is 41.3 Å². The van der Waals surface area contributed by atoms with Gasteiger partial charge in [-0.2, -0.15) is 5.26 Å². The van der Waals surface area contributed by atoms with Crippen molar-refractivity contribution in [3.63, 3.8) is 0 Å². The van der Waals surface area contributed by atoms with E-state index in [1.54, 1.807) is 24.3 Å². The number of aromatic hydroxyl groups is 1. The van der Waals surface area contributed by atoms with Crippen molar-refractivity contribution in [1.29, 1.82) is 5.26 Å². The summed E-state index contributed by atoms with van der Waals surface area (Å²) in [5, 5.41) is 19.6. The Bertz CT molecular complexity index is 1190. The van der Waals surface area contributed by atoms with Crippen LogP contribution in [0.5, 0.6) is 17.2 Å². The highest BCUT2D eigenvalue weighted by molar-refractivity contribution is 9.10. The predicted molar refractivity (Wildman–Crippen MR) is 112 cm³/mol. The lowest BCUT2D eigenvalue weighted by Gasteiger charge is -2.28. The molecule has 1 aliphatic rings. The number of rotatable bonds is 4. The molecule has 0 fully saturated rings. The lowest BCUT2D eigenvalue weighted by atomic mass is 9.83. The predicted octanol–water partition coefficient (Wildman–Crippen LogP) is 5.09. The van der Waals surface area contributed by atoms with E-state index in [-0.39, 0.29) is 29.6 Å². The van der Waals surface area contributed by atoms with Crippen LogP contribution in [0.4, 0.5) is 4.39 Å². The molecule has 30 heavy (non-hydrogen) atoms. The summed E-state index contributed by atoms with van der Waals surface area (Å²) in [5.74, 6) is 0.0761. The highest BCUT2D eigenvalue weighted by Gasteiger charge is 2.33. The van der Waals surface area contributed by atoms with Gasteiger partial charge in [-0.3, -0.25) is 0 Å². The Morgan fingerprint density at radius 2 is 1.87 bits per heavy atom. The van der Waals surface area contributed by atoms with Crippen molar-refractivity contribution in [3.8, 4) is 23.3 Å². The normalized spacial score (nSPS) is 15.2. The van der Waals surface area contributed by atoms with Gasteiger partial charge in [-0.05, 0) is 42.0 Å². The van der Waals surface area contributed by atoms with Crippen molar-refractivity contribution in [3.05, 3.63) is 99.1 Å². The van der Waals surface area contributed by atoms with Gasteiger partial charge in [-0.25, -0.2) is 4.39 Å². The molecule has 4 rings (SSSR count). The molecule has 0 aliphatic carbocycles. The number of ether oxygens (including phenoxy) is 2. The number of phenolic OH excluding ortho intramolecular Hbond substituents is 1. The lowest BCUT2D eigenvalue weighted by molar-refractivity contribution is 0.301. The van der Waals surface area contributed by atoms with Crippen molar-refractivity contribution in [1.82, 2.24) is 0 Å². The van der Waals surface area contributed by atoms with Gasteiger partial charge in [0.05, 0.1) is 5.92 Å². The van der Waals surface area contributed by atoms with Gasteiger partial charge < -0.3 is 20.3 Å². The zero-order valence-electron chi connectivity index (χ0n) is 15.6. The number of allylic oxidation sites excluding steroid dienone is 1. The smallest absolute Gasteiger partial charge is 0.205 e. The molecule has 0 radical (unpaired) electrons. The van der Waals surface area contributed by atoms with Gasteiger partial charge >= 0.3 is 0 Å². The molecule has 1 heterocycles. The minimum atomic E-state index is -0.542. The Labute approximate surface area is 180 Å². The van der Waals surface area contributed by atoms with Crippen molar-refractivity contribution < 1.29 is 19.0 Å². The summed E-state index contributed by atoms with van der Waals surface area (Å²) in [7, 11) is 0. The number of nitrogens with two attached hydrogens (primary N) is 1. The number of benzene rings is 3. The molecular weight excluding hydrogens is 451 g/mol. The van der Waals surface area contributed by atoms with E-state index < -0.39 is 5.92 Å². The van der Waals surface area contributed by atoms with E-state index in [4.69, 9.17) is 15.2 Å². The minimum Gasteiger partial charge on any atom is -0.508 e. The Morgan fingerprint density at radius 3 is 2.60 bits per heavy atom. The van der Waals surface area contributed by atoms with E-state index in [0.717, 1.165) is 10.0 Å². The number of phenols is 1. The average molecular weight is 467 g/mol. The number of hydrogen-bond donors (Lipinski definition) is 2. The summed E-state index contributed by atoms with van der Waals surface area (Å²) in [4.78, 5) is 0. The number of hydrogen-bond acceptors (Lipinski definition) is 5. The van der Waals surface area contributed by atoms with Crippen molar-refractivity contribution in [2.45, 2.75) is 12.5 Å². The SMILES string of the molecule is N#CC1=C(N)Oc2cc(O)ccc2[C@@H]1c1cc(Br)ccc1OCc1ccc(F)cc1. The fourth-order valence-electron chi connectivity index (χ4n) is 3.38. The minimum absolute atomic E-state index is 0.0231. The standard InChI is InChI=1S/C23H16BrFN2O3/c24-14-3-8-20(29-12-13-1-4-15(25)5-2-13)18(9-14)22-17-7-6-16(28)10-21(17)30-23(27)19(22)11-26/h1-10,22,28H,12,27H2/t22-/m1/s1. The highest BCUT2D eigenvalue weighted by atomic mass is 79.9. The first-order valence-corrected chi connectivity index (χ1v) is 9.82. The van der Waals surface area contributed by atoms with Crippen LogP contribution in [0, 0.1) is 17.1 Å². The van der Waals surface area contributed by atoms with Crippen LogP contribution in [0.15, 0.2) is 76.6 Å². The molecule has 0 aromatic heterocycles. The molecule has 150 valence electrons. The third kappa shape index (κ3) is 3.82. The molecule has 0 amide bonds. The van der Waals surface area contributed by atoms with Gasteiger partial charge in [0.15, 0.2) is 0 Å². The van der Waals surface area contributed by atoms with Crippen LogP contribution >= 0.6 is 15.9 Å². The first-order valence-electron chi connectivity index (χ1n) is 9.03. The Hall–Kier alpha value is -3.50. The molecule has 1 atom stereocenters. The van der Waals surface area contributed by atoms with Crippen LogP contribution in [0.2, 0.25) is 0 Å². The second-order valence-corrected chi connectivity index (χ2v) is 7.66. The van der Waals surface area contributed by atoms with Gasteiger partial charge in [0, 0.05) is 21.7 Å². The van der Waals surface area contributed by atoms with Crippen LogP contribution in [0.1, 0.15) is 22.6 Å². The Morgan fingerprint density at radius 1 is 1.10 bits per heavy atom. The van der Waals surface area contributed by atoms with E-state index in [0.29, 0.717) is 22.6 Å². The summed E-state index contributed by atoms with van der Waals surface area (Å²) in [5.41, 5.74) is 8.46. The molecule has 3 aromatic carbocycles. The molecule has 7 heteroatoms. The van der Waals surface area contributed by atoms with E-state index in [9.17, 15) is 14.8 Å². The van der Waals surface area contributed by atoms with Crippen LogP contribution in [0.3, 0.4) is 0 Å². The molecule has 3 N–H and O–H groups in total. The van der Waals surface area contributed by atoms with Crippen LogP contribution in [-0.2, 0) is 6.61 Å². The second-order valence-electron chi connectivity index (χ2n) is 6.74. The fraction of sp³-hybridized carbons (Fsp3) is 0.0870. The molecule has 0 saturated carbocycles. The summed E-state index contributed by atoms with van der Waals surface area (Å²) in [6.07, 6.45) is 0. The lowest BCUT2D eigenvalue weighted by Crippen LogP contribution is -2.21.